The highest BCUT2D eigenvalue weighted by atomic mass is 16.5. The lowest BCUT2D eigenvalue weighted by molar-refractivity contribution is 0.0474. The summed E-state index contributed by atoms with van der Waals surface area (Å²) in [6, 6.07) is 16.8. The SMILES string of the molecule is O=C(COC(=O)c1cccc(-n2cccc2)c1)c1ccc2c(c1)CCCC2. The Hall–Kier alpha value is -3.14. The Bertz CT molecular complexity index is 973. The van der Waals surface area contributed by atoms with Crippen molar-refractivity contribution in [3.63, 3.8) is 0 Å². The third-order valence-corrected chi connectivity index (χ3v) is 4.99. The second-order valence-corrected chi connectivity index (χ2v) is 6.83. The van der Waals surface area contributed by atoms with Gasteiger partial charge in [-0.3, -0.25) is 4.79 Å². The number of carbonyl (C=O) groups is 2. The summed E-state index contributed by atoms with van der Waals surface area (Å²) in [6.07, 6.45) is 8.28. The number of rotatable bonds is 5. The molecule has 1 aliphatic rings. The van der Waals surface area contributed by atoms with Crippen molar-refractivity contribution in [1.29, 1.82) is 0 Å². The molecule has 0 amide bonds. The van der Waals surface area contributed by atoms with Crippen molar-refractivity contribution in [1.82, 2.24) is 4.57 Å². The van der Waals surface area contributed by atoms with Crippen LogP contribution in [0.3, 0.4) is 0 Å². The summed E-state index contributed by atoms with van der Waals surface area (Å²) in [4.78, 5) is 24.8. The highest BCUT2D eigenvalue weighted by Gasteiger charge is 2.15. The molecule has 0 saturated heterocycles. The number of hydrogen-bond acceptors (Lipinski definition) is 3. The topological polar surface area (TPSA) is 48.3 Å². The lowest BCUT2D eigenvalue weighted by atomic mass is 9.90. The maximum atomic E-state index is 12.4. The number of benzene rings is 2. The maximum absolute atomic E-state index is 12.4. The van der Waals surface area contributed by atoms with Crippen LogP contribution in [-0.2, 0) is 17.6 Å². The van der Waals surface area contributed by atoms with Crippen LogP contribution in [0.2, 0.25) is 0 Å². The van der Waals surface area contributed by atoms with Crippen LogP contribution in [-0.4, -0.2) is 22.9 Å². The molecule has 136 valence electrons. The Morgan fingerprint density at radius 3 is 2.44 bits per heavy atom. The molecule has 4 rings (SSSR count). The number of aromatic nitrogens is 1. The molecule has 1 aromatic heterocycles. The first-order valence-corrected chi connectivity index (χ1v) is 9.26. The second-order valence-electron chi connectivity index (χ2n) is 6.83. The van der Waals surface area contributed by atoms with Crippen molar-refractivity contribution < 1.29 is 14.3 Å². The zero-order chi connectivity index (χ0) is 18.6. The molecule has 0 aliphatic heterocycles. The minimum Gasteiger partial charge on any atom is -0.454 e. The van der Waals surface area contributed by atoms with Crippen LogP contribution in [0.5, 0.6) is 0 Å². The summed E-state index contributed by atoms with van der Waals surface area (Å²) in [5, 5.41) is 0. The third-order valence-electron chi connectivity index (χ3n) is 4.99. The van der Waals surface area contributed by atoms with Crippen molar-refractivity contribution in [2.75, 3.05) is 6.61 Å². The Balaban J connectivity index is 1.42. The fraction of sp³-hybridized carbons (Fsp3) is 0.217. The van der Waals surface area contributed by atoms with Gasteiger partial charge < -0.3 is 9.30 Å². The molecule has 0 spiro atoms. The average Bonchev–Trinajstić information content (AvgIpc) is 3.26. The van der Waals surface area contributed by atoms with Crippen LogP contribution < -0.4 is 0 Å². The number of esters is 1. The molecule has 0 N–H and O–H groups in total. The molecule has 1 aliphatic carbocycles. The number of fused-ring (bicyclic) bond motifs is 1. The molecule has 27 heavy (non-hydrogen) atoms. The lowest BCUT2D eigenvalue weighted by Crippen LogP contribution is -2.15. The standard InChI is InChI=1S/C23H21NO3/c25-22(19-11-10-17-6-1-2-7-18(17)14-19)16-27-23(26)20-8-5-9-21(15-20)24-12-3-4-13-24/h3-5,8-15H,1-2,6-7,16H2. The van der Waals surface area contributed by atoms with E-state index >= 15 is 0 Å². The quantitative estimate of drug-likeness (QED) is 0.501. The fourth-order valence-corrected chi connectivity index (χ4v) is 3.50. The molecule has 0 unspecified atom stereocenters. The normalized spacial score (nSPS) is 13.0. The second kappa shape index (κ2) is 7.62. The zero-order valence-corrected chi connectivity index (χ0v) is 15.1. The summed E-state index contributed by atoms with van der Waals surface area (Å²) in [7, 11) is 0. The molecular weight excluding hydrogens is 338 g/mol. The molecule has 0 bridgehead atoms. The van der Waals surface area contributed by atoms with Gasteiger partial charge in [0, 0.05) is 23.6 Å². The smallest absolute Gasteiger partial charge is 0.338 e. The van der Waals surface area contributed by atoms with Gasteiger partial charge >= 0.3 is 5.97 Å². The monoisotopic (exact) mass is 359 g/mol. The number of carbonyl (C=O) groups excluding carboxylic acids is 2. The molecule has 1 heterocycles. The van der Waals surface area contributed by atoms with Crippen molar-refractivity contribution in [2.24, 2.45) is 0 Å². The van der Waals surface area contributed by atoms with E-state index in [1.54, 1.807) is 18.2 Å². The lowest BCUT2D eigenvalue weighted by Gasteiger charge is -2.16. The Labute approximate surface area is 158 Å². The van der Waals surface area contributed by atoms with Crippen LogP contribution in [0.1, 0.15) is 44.7 Å². The van der Waals surface area contributed by atoms with E-state index in [1.807, 2.05) is 53.4 Å². The van der Waals surface area contributed by atoms with Gasteiger partial charge in [0.05, 0.1) is 5.56 Å². The van der Waals surface area contributed by atoms with Crippen molar-refractivity contribution >= 4 is 11.8 Å². The molecule has 4 nitrogen and oxygen atoms in total. The number of nitrogens with zero attached hydrogens (tertiary/aromatic N) is 1. The first-order valence-electron chi connectivity index (χ1n) is 9.26. The summed E-state index contributed by atoms with van der Waals surface area (Å²) in [6.45, 7) is -0.245. The summed E-state index contributed by atoms with van der Waals surface area (Å²) in [5.74, 6) is -0.659. The zero-order valence-electron chi connectivity index (χ0n) is 15.1. The van der Waals surface area contributed by atoms with E-state index in [1.165, 1.54) is 17.5 Å². The molecule has 4 heteroatoms. The first-order chi connectivity index (χ1) is 13.2. The van der Waals surface area contributed by atoms with Crippen molar-refractivity contribution in [2.45, 2.75) is 25.7 Å². The Morgan fingerprint density at radius 2 is 1.63 bits per heavy atom. The van der Waals surface area contributed by atoms with Gasteiger partial charge in [-0.25, -0.2) is 4.79 Å². The van der Waals surface area contributed by atoms with Crippen LogP contribution in [0.15, 0.2) is 67.0 Å². The molecule has 0 radical (unpaired) electrons. The average molecular weight is 359 g/mol. The number of Topliss-reactive ketones (excluding diaryl/α,β-unsaturated/α-hetero) is 1. The molecule has 0 saturated carbocycles. The third kappa shape index (κ3) is 3.85. The predicted octanol–water partition coefficient (Wildman–Crippen LogP) is 4.40. The van der Waals surface area contributed by atoms with Gasteiger partial charge in [0.25, 0.3) is 0 Å². The van der Waals surface area contributed by atoms with E-state index < -0.39 is 5.97 Å². The highest BCUT2D eigenvalue weighted by molar-refractivity contribution is 5.99. The van der Waals surface area contributed by atoms with Gasteiger partial charge in [-0.15, -0.1) is 0 Å². The minimum absolute atomic E-state index is 0.168. The van der Waals surface area contributed by atoms with Crippen LogP contribution in [0.4, 0.5) is 0 Å². The van der Waals surface area contributed by atoms with Gasteiger partial charge in [0.15, 0.2) is 12.4 Å². The van der Waals surface area contributed by atoms with E-state index in [9.17, 15) is 9.59 Å². The van der Waals surface area contributed by atoms with Gasteiger partial charge in [0.2, 0.25) is 0 Å². The van der Waals surface area contributed by atoms with E-state index in [0.29, 0.717) is 11.1 Å². The first kappa shape index (κ1) is 17.3. The van der Waals surface area contributed by atoms with E-state index in [0.717, 1.165) is 24.9 Å². The molecule has 2 aromatic carbocycles. The molecular formula is C23H21NO3. The summed E-state index contributed by atoms with van der Waals surface area (Å²) < 4.78 is 7.17. The van der Waals surface area contributed by atoms with E-state index in [-0.39, 0.29) is 12.4 Å². The van der Waals surface area contributed by atoms with Crippen molar-refractivity contribution in [3.8, 4) is 5.69 Å². The van der Waals surface area contributed by atoms with Gasteiger partial charge in [-0.1, -0.05) is 18.2 Å². The van der Waals surface area contributed by atoms with Crippen LogP contribution in [0, 0.1) is 0 Å². The number of ether oxygens (including phenoxy) is 1. The van der Waals surface area contributed by atoms with Crippen LogP contribution in [0.25, 0.3) is 5.69 Å². The van der Waals surface area contributed by atoms with Gasteiger partial charge in [0.1, 0.15) is 0 Å². The largest absolute Gasteiger partial charge is 0.454 e. The molecule has 3 aromatic rings. The van der Waals surface area contributed by atoms with Crippen molar-refractivity contribution in [3.05, 3.63) is 89.2 Å². The van der Waals surface area contributed by atoms with Crippen LogP contribution >= 0.6 is 0 Å². The Kier molecular flexibility index (Phi) is 4.88. The Morgan fingerprint density at radius 1 is 0.852 bits per heavy atom. The number of aryl methyl sites for hydroxylation is 2. The number of ketones is 1. The number of hydrogen-bond donors (Lipinski definition) is 0. The van der Waals surface area contributed by atoms with Gasteiger partial charge in [-0.05, 0) is 73.2 Å². The summed E-state index contributed by atoms with van der Waals surface area (Å²) in [5.41, 5.74) is 4.49. The minimum atomic E-state index is -0.490. The summed E-state index contributed by atoms with van der Waals surface area (Å²) >= 11 is 0. The highest BCUT2D eigenvalue weighted by Crippen LogP contribution is 2.22. The van der Waals surface area contributed by atoms with E-state index in [4.69, 9.17) is 4.74 Å². The van der Waals surface area contributed by atoms with E-state index in [2.05, 4.69) is 0 Å². The van der Waals surface area contributed by atoms with Gasteiger partial charge in [-0.2, -0.15) is 0 Å². The molecule has 0 fully saturated rings. The maximum Gasteiger partial charge on any atom is 0.338 e. The predicted molar refractivity (Wildman–Crippen MR) is 103 cm³/mol. The molecule has 0 atom stereocenters. The fourth-order valence-electron chi connectivity index (χ4n) is 3.50.